The minimum Gasteiger partial charge on any atom is -0.489 e. The lowest BCUT2D eigenvalue weighted by Crippen LogP contribution is -2.31. The van der Waals surface area contributed by atoms with E-state index < -0.39 is 12.0 Å². The van der Waals surface area contributed by atoms with E-state index in [-0.39, 0.29) is 5.92 Å². The zero-order chi connectivity index (χ0) is 16.2. The lowest BCUT2D eigenvalue weighted by atomic mass is 9.94. The van der Waals surface area contributed by atoms with Crippen molar-refractivity contribution in [2.75, 3.05) is 0 Å². The zero-order valence-corrected chi connectivity index (χ0v) is 12.6. The lowest BCUT2D eigenvalue weighted by Gasteiger charge is -2.14. The summed E-state index contributed by atoms with van der Waals surface area (Å²) in [5.41, 5.74) is 8.54. The SMILES string of the molecule is N[C@H](C[C@H]1C=Nc2ccc(OCc3ccccc3)cc21)C(=O)O. The molecule has 2 atom stereocenters. The molecule has 1 aliphatic rings. The minimum atomic E-state index is -0.997. The molecule has 0 radical (unpaired) electrons. The first-order chi connectivity index (χ1) is 11.1. The summed E-state index contributed by atoms with van der Waals surface area (Å²) in [4.78, 5) is 15.3. The van der Waals surface area contributed by atoms with E-state index in [1.165, 1.54) is 0 Å². The maximum atomic E-state index is 10.9. The summed E-state index contributed by atoms with van der Waals surface area (Å²) < 4.78 is 5.81. The summed E-state index contributed by atoms with van der Waals surface area (Å²) in [7, 11) is 0. The van der Waals surface area contributed by atoms with Crippen molar-refractivity contribution in [1.29, 1.82) is 0 Å². The Bertz CT molecular complexity index is 728. The average molecular weight is 310 g/mol. The van der Waals surface area contributed by atoms with Gasteiger partial charge >= 0.3 is 5.97 Å². The first-order valence-corrected chi connectivity index (χ1v) is 7.47. The smallest absolute Gasteiger partial charge is 0.320 e. The van der Waals surface area contributed by atoms with Gasteiger partial charge in [0.2, 0.25) is 0 Å². The number of nitrogens with zero attached hydrogens (tertiary/aromatic N) is 1. The highest BCUT2D eigenvalue weighted by atomic mass is 16.5. The number of aliphatic carboxylic acids is 1. The first kappa shape index (κ1) is 15.2. The van der Waals surface area contributed by atoms with Crippen LogP contribution in [0.15, 0.2) is 53.5 Å². The van der Waals surface area contributed by atoms with E-state index in [4.69, 9.17) is 15.6 Å². The second-order valence-electron chi connectivity index (χ2n) is 5.56. The van der Waals surface area contributed by atoms with Gasteiger partial charge in [-0.2, -0.15) is 0 Å². The van der Waals surface area contributed by atoms with Gasteiger partial charge in [-0.1, -0.05) is 30.3 Å². The van der Waals surface area contributed by atoms with Crippen LogP contribution in [-0.4, -0.2) is 23.3 Å². The molecule has 0 spiro atoms. The fraction of sp³-hybridized carbons (Fsp3) is 0.222. The summed E-state index contributed by atoms with van der Waals surface area (Å²) >= 11 is 0. The molecule has 3 N–H and O–H groups in total. The summed E-state index contributed by atoms with van der Waals surface area (Å²) in [5.74, 6) is -0.341. The van der Waals surface area contributed by atoms with Crippen molar-refractivity contribution in [3.63, 3.8) is 0 Å². The Morgan fingerprint density at radius 2 is 2.04 bits per heavy atom. The van der Waals surface area contributed by atoms with Gasteiger partial charge in [-0.15, -0.1) is 0 Å². The number of aliphatic imine (C=N–C) groups is 1. The highest BCUT2D eigenvalue weighted by Crippen LogP contribution is 2.37. The number of ether oxygens (including phenoxy) is 1. The number of nitrogens with two attached hydrogens (primary N) is 1. The average Bonchev–Trinajstić information content (AvgIpc) is 2.96. The fourth-order valence-corrected chi connectivity index (χ4v) is 2.59. The molecule has 1 heterocycles. The molecule has 1 aliphatic heterocycles. The van der Waals surface area contributed by atoms with Crippen LogP contribution >= 0.6 is 0 Å². The molecule has 118 valence electrons. The van der Waals surface area contributed by atoms with Gasteiger partial charge in [0.1, 0.15) is 18.4 Å². The molecule has 2 aromatic carbocycles. The Balaban J connectivity index is 1.70. The number of benzene rings is 2. The van der Waals surface area contributed by atoms with E-state index in [0.29, 0.717) is 13.0 Å². The number of carboxylic acid groups (broad SMARTS) is 1. The van der Waals surface area contributed by atoms with E-state index in [1.54, 1.807) is 6.21 Å². The van der Waals surface area contributed by atoms with Gasteiger partial charge in [0.05, 0.1) is 5.69 Å². The monoisotopic (exact) mass is 310 g/mol. The Morgan fingerprint density at radius 1 is 1.26 bits per heavy atom. The fourth-order valence-electron chi connectivity index (χ4n) is 2.59. The van der Waals surface area contributed by atoms with Gasteiger partial charge in [-0.05, 0) is 35.7 Å². The third-order valence-electron chi connectivity index (χ3n) is 3.87. The lowest BCUT2D eigenvalue weighted by molar-refractivity contribution is -0.138. The Hall–Kier alpha value is -2.66. The standard InChI is InChI=1S/C18H18N2O3/c19-16(18(21)22)8-13-10-20-17-7-6-14(9-15(13)17)23-11-12-4-2-1-3-5-12/h1-7,9-10,13,16H,8,11,19H2,(H,21,22)/t13-,16+/m0/s1. The van der Waals surface area contributed by atoms with Crippen molar-refractivity contribution in [2.24, 2.45) is 10.7 Å². The molecule has 5 heteroatoms. The van der Waals surface area contributed by atoms with Gasteiger partial charge in [-0.25, -0.2) is 0 Å². The molecule has 0 fully saturated rings. The van der Waals surface area contributed by atoms with Gasteiger partial charge in [0, 0.05) is 12.1 Å². The van der Waals surface area contributed by atoms with Crippen molar-refractivity contribution in [3.8, 4) is 5.75 Å². The molecule has 0 unspecified atom stereocenters. The molecule has 2 aromatic rings. The first-order valence-electron chi connectivity index (χ1n) is 7.47. The van der Waals surface area contributed by atoms with Crippen LogP contribution in [0.25, 0.3) is 0 Å². The quantitative estimate of drug-likeness (QED) is 0.859. The minimum absolute atomic E-state index is 0.0867. The molecular weight excluding hydrogens is 292 g/mol. The molecule has 0 aliphatic carbocycles. The van der Waals surface area contributed by atoms with Crippen LogP contribution in [0.4, 0.5) is 5.69 Å². The van der Waals surface area contributed by atoms with Crippen molar-refractivity contribution in [2.45, 2.75) is 25.0 Å². The van der Waals surface area contributed by atoms with Gasteiger partial charge in [0.25, 0.3) is 0 Å². The Labute approximate surface area is 134 Å². The van der Waals surface area contributed by atoms with Crippen molar-refractivity contribution in [1.82, 2.24) is 0 Å². The highest BCUT2D eigenvalue weighted by Gasteiger charge is 2.24. The van der Waals surface area contributed by atoms with Crippen LogP contribution in [0, 0.1) is 0 Å². The summed E-state index contributed by atoms with van der Waals surface area (Å²) in [6.45, 7) is 0.486. The number of rotatable bonds is 6. The van der Waals surface area contributed by atoms with Gasteiger partial charge < -0.3 is 15.6 Å². The number of carbonyl (C=O) groups is 1. The van der Waals surface area contributed by atoms with E-state index in [1.807, 2.05) is 48.5 Å². The molecule has 3 rings (SSSR count). The molecule has 0 aromatic heterocycles. The van der Waals surface area contributed by atoms with Crippen molar-refractivity contribution < 1.29 is 14.6 Å². The van der Waals surface area contributed by atoms with Crippen LogP contribution < -0.4 is 10.5 Å². The molecular formula is C18H18N2O3. The van der Waals surface area contributed by atoms with Crippen LogP contribution in [0.3, 0.4) is 0 Å². The topological polar surface area (TPSA) is 84.9 Å². The van der Waals surface area contributed by atoms with Crippen molar-refractivity contribution in [3.05, 3.63) is 59.7 Å². The Kier molecular flexibility index (Phi) is 4.39. The molecule has 5 nitrogen and oxygen atoms in total. The summed E-state index contributed by atoms with van der Waals surface area (Å²) in [5, 5.41) is 8.96. The number of fused-ring (bicyclic) bond motifs is 1. The van der Waals surface area contributed by atoms with E-state index in [2.05, 4.69) is 4.99 Å². The second-order valence-corrected chi connectivity index (χ2v) is 5.56. The normalized spacial score (nSPS) is 16.8. The predicted octanol–water partition coefficient (Wildman–Crippen LogP) is 2.87. The third kappa shape index (κ3) is 3.57. The largest absolute Gasteiger partial charge is 0.489 e. The van der Waals surface area contributed by atoms with Gasteiger partial charge in [0.15, 0.2) is 0 Å². The van der Waals surface area contributed by atoms with Crippen LogP contribution in [0.2, 0.25) is 0 Å². The predicted molar refractivity (Wildman–Crippen MR) is 88.3 cm³/mol. The molecule has 0 saturated carbocycles. The molecule has 0 amide bonds. The van der Waals surface area contributed by atoms with Gasteiger partial charge in [-0.3, -0.25) is 9.79 Å². The molecule has 0 saturated heterocycles. The van der Waals surface area contributed by atoms with Crippen LogP contribution in [0.1, 0.15) is 23.5 Å². The maximum absolute atomic E-state index is 10.9. The number of hydrogen-bond acceptors (Lipinski definition) is 4. The second kappa shape index (κ2) is 6.62. The van der Waals surface area contributed by atoms with E-state index in [9.17, 15) is 4.79 Å². The van der Waals surface area contributed by atoms with E-state index in [0.717, 1.165) is 22.6 Å². The summed E-state index contributed by atoms with van der Waals surface area (Å²) in [6, 6.07) is 14.7. The number of carboxylic acids is 1. The van der Waals surface area contributed by atoms with Crippen LogP contribution in [0.5, 0.6) is 5.75 Å². The van der Waals surface area contributed by atoms with Crippen LogP contribution in [-0.2, 0) is 11.4 Å². The highest BCUT2D eigenvalue weighted by molar-refractivity contribution is 5.82. The molecule has 0 bridgehead atoms. The molecule has 23 heavy (non-hydrogen) atoms. The third-order valence-corrected chi connectivity index (χ3v) is 3.87. The zero-order valence-electron chi connectivity index (χ0n) is 12.6. The Morgan fingerprint density at radius 3 is 2.78 bits per heavy atom. The maximum Gasteiger partial charge on any atom is 0.320 e. The summed E-state index contributed by atoms with van der Waals surface area (Å²) in [6.07, 6.45) is 2.09. The van der Waals surface area contributed by atoms with E-state index >= 15 is 0 Å². The number of hydrogen-bond donors (Lipinski definition) is 2. The van der Waals surface area contributed by atoms with Crippen molar-refractivity contribution >= 4 is 17.9 Å².